The van der Waals surface area contributed by atoms with E-state index in [-0.39, 0.29) is 18.8 Å². The molecule has 29 heavy (non-hydrogen) atoms. The summed E-state index contributed by atoms with van der Waals surface area (Å²) < 4.78 is 21.8. The summed E-state index contributed by atoms with van der Waals surface area (Å²) >= 11 is 0. The van der Waals surface area contributed by atoms with Crippen molar-refractivity contribution in [2.24, 2.45) is 0 Å². The Balaban J connectivity index is 0. The van der Waals surface area contributed by atoms with Crippen molar-refractivity contribution >= 4 is 30.2 Å². The van der Waals surface area contributed by atoms with Crippen LogP contribution in [0.1, 0.15) is 101 Å². The van der Waals surface area contributed by atoms with E-state index in [1.54, 1.807) is 0 Å². The van der Waals surface area contributed by atoms with Crippen LogP contribution in [0.4, 0.5) is 0 Å². The molecule has 0 heterocycles. The Morgan fingerprint density at radius 3 is 2.00 bits per heavy atom. The number of amides is 1. The van der Waals surface area contributed by atoms with E-state index in [0.29, 0.717) is 11.3 Å². The van der Waals surface area contributed by atoms with Crippen LogP contribution in [0, 0.1) is 5.41 Å². The smallest absolute Gasteiger partial charge is 0.323 e. The van der Waals surface area contributed by atoms with Gasteiger partial charge < -0.3 is 10.0 Å². The molecule has 0 aliphatic heterocycles. The summed E-state index contributed by atoms with van der Waals surface area (Å²) in [5.74, 6) is -2.56. The van der Waals surface area contributed by atoms with Gasteiger partial charge >= 0.3 is 5.97 Å². The first-order valence-electron chi connectivity index (χ1n) is 12.2. The number of carboxylic acids is 1. The third kappa shape index (κ3) is 21.0. The van der Waals surface area contributed by atoms with E-state index >= 15 is 0 Å². The lowest BCUT2D eigenvalue weighted by atomic mass is 10.1. The van der Waals surface area contributed by atoms with Crippen molar-refractivity contribution < 1.29 is 18.8 Å². The maximum Gasteiger partial charge on any atom is 0.323 e. The van der Waals surface area contributed by atoms with Gasteiger partial charge in [-0.3, -0.25) is 20.3 Å². The number of allylic oxidation sites excluding steroid dienone is 2. The number of carbonyl (C=O) groups excluding carboxylic acids is 1. The minimum absolute atomic E-state index is 0. The summed E-state index contributed by atoms with van der Waals surface area (Å²) in [5.41, 5.74) is 0. The zero-order valence-corrected chi connectivity index (χ0v) is 18.7. The first-order valence-corrected chi connectivity index (χ1v) is 10.7. The molecule has 0 unspecified atom stereocenters. The van der Waals surface area contributed by atoms with Crippen LogP contribution in [-0.2, 0) is 9.59 Å². The number of guanidine groups is 1. The number of unbranched alkanes of at least 4 members (excludes halogenated alkanes) is 11. The minimum atomic E-state index is -2.80. The number of carboxylic acid groups (broad SMARTS) is 1. The fourth-order valence-electron chi connectivity index (χ4n) is 2.83. The molecule has 0 atom stereocenters. The van der Waals surface area contributed by atoms with Crippen LogP contribution >= 0.6 is 12.4 Å². The van der Waals surface area contributed by atoms with Gasteiger partial charge in [-0.2, -0.15) is 0 Å². The molecule has 7 heteroatoms. The summed E-state index contributed by atoms with van der Waals surface area (Å²) in [7, 11) is 0. The zero-order valence-electron chi connectivity index (χ0n) is 20.9. The van der Waals surface area contributed by atoms with Crippen LogP contribution < -0.4 is 5.32 Å². The summed E-state index contributed by atoms with van der Waals surface area (Å²) in [6, 6.07) is 0. The molecule has 6 nitrogen and oxygen atoms in total. The molecular formula is C22H42ClN3O3. The molecule has 0 saturated heterocycles. The second-order valence-corrected chi connectivity index (χ2v) is 7.21. The summed E-state index contributed by atoms with van der Waals surface area (Å²) in [6.45, 7) is -1.44. The number of nitrogens with one attached hydrogen (secondary N) is 2. The molecule has 0 fully saturated rings. The van der Waals surface area contributed by atoms with Gasteiger partial charge in [0.25, 0.3) is 0 Å². The van der Waals surface area contributed by atoms with Crippen LogP contribution in [0.3, 0.4) is 0 Å². The molecule has 0 aromatic carbocycles. The number of hydrogen-bond acceptors (Lipinski definition) is 3. The largest absolute Gasteiger partial charge is 0.480 e. The number of halogens is 1. The summed E-state index contributed by atoms with van der Waals surface area (Å²) in [5, 5.41) is 18.6. The van der Waals surface area contributed by atoms with E-state index in [0.717, 1.165) is 32.1 Å². The van der Waals surface area contributed by atoms with Gasteiger partial charge in [-0.25, -0.2) is 0 Å². The quantitative estimate of drug-likeness (QED) is 0.122. The Morgan fingerprint density at radius 2 is 1.48 bits per heavy atom. The lowest BCUT2D eigenvalue weighted by Gasteiger charge is -2.17. The van der Waals surface area contributed by atoms with Crippen molar-refractivity contribution in [1.29, 1.82) is 5.41 Å². The van der Waals surface area contributed by atoms with Gasteiger partial charge in [0.1, 0.15) is 6.54 Å². The molecule has 0 spiro atoms. The Kier molecular flexibility index (Phi) is 17.3. The fourth-order valence-corrected chi connectivity index (χ4v) is 2.83. The summed E-state index contributed by atoms with van der Waals surface area (Å²) in [4.78, 5) is 23.0. The Labute approximate surface area is 187 Å². The monoisotopic (exact) mass is 434 g/mol. The SMILES string of the molecule is Cl.[2H]C([2H])([2H])N(CC(=O)O)C(=N)NC(=O)CCCCCCC/C=C\CCCCCCCC. The number of nitrogens with zero attached hydrogens (tertiary/aromatic N) is 1. The maximum atomic E-state index is 11.9. The van der Waals surface area contributed by atoms with Crippen LogP contribution in [0.5, 0.6) is 0 Å². The minimum Gasteiger partial charge on any atom is -0.480 e. The van der Waals surface area contributed by atoms with Crippen molar-refractivity contribution in [3.63, 3.8) is 0 Å². The van der Waals surface area contributed by atoms with E-state index in [1.165, 1.54) is 44.9 Å². The molecule has 170 valence electrons. The number of rotatable bonds is 17. The molecule has 0 radical (unpaired) electrons. The Bertz CT molecular complexity index is 558. The molecule has 0 bridgehead atoms. The highest BCUT2D eigenvalue weighted by molar-refractivity contribution is 5.96. The van der Waals surface area contributed by atoms with Crippen LogP contribution in [0.25, 0.3) is 0 Å². The first kappa shape index (κ1) is 23.7. The summed E-state index contributed by atoms with van der Waals surface area (Å²) in [6.07, 6.45) is 19.7. The first-order chi connectivity index (χ1) is 14.7. The maximum absolute atomic E-state index is 11.9. The lowest BCUT2D eigenvalue weighted by molar-refractivity contribution is -0.137. The Morgan fingerprint density at radius 1 is 0.966 bits per heavy atom. The fraction of sp³-hybridized carbons (Fsp3) is 0.773. The van der Waals surface area contributed by atoms with E-state index in [2.05, 4.69) is 24.4 Å². The standard InChI is InChI=1S/C22H41N3O3.ClH/c1-3-4-5-6-7-8-9-10-11-12-13-14-15-16-17-18-20(26)24-22(23)25(2)19-21(27)28;/h10-11H,3-9,12-19H2,1-2H3,(H,27,28)(H2,23,24,26);1H/b11-10-;/i2D3;. The highest BCUT2D eigenvalue weighted by Gasteiger charge is 2.11. The highest BCUT2D eigenvalue weighted by Crippen LogP contribution is 2.10. The van der Waals surface area contributed by atoms with Gasteiger partial charge in [-0.05, 0) is 32.1 Å². The molecule has 3 N–H and O–H groups in total. The van der Waals surface area contributed by atoms with Gasteiger partial charge in [0.2, 0.25) is 5.91 Å². The van der Waals surface area contributed by atoms with Crippen LogP contribution in [0.2, 0.25) is 0 Å². The molecule has 0 rings (SSSR count). The van der Waals surface area contributed by atoms with Gasteiger partial charge in [0.05, 0.1) is 0 Å². The average molecular weight is 435 g/mol. The van der Waals surface area contributed by atoms with Crippen molar-refractivity contribution in [3.05, 3.63) is 12.2 Å². The van der Waals surface area contributed by atoms with E-state index < -0.39 is 31.4 Å². The highest BCUT2D eigenvalue weighted by atomic mass is 35.5. The second-order valence-electron chi connectivity index (χ2n) is 7.21. The van der Waals surface area contributed by atoms with Crippen molar-refractivity contribution in [1.82, 2.24) is 10.2 Å². The number of likely N-dealkylation sites (N-methyl/N-ethyl adjacent to an activating group) is 1. The van der Waals surface area contributed by atoms with Crippen LogP contribution in [-0.4, -0.2) is 41.4 Å². The van der Waals surface area contributed by atoms with E-state index in [4.69, 9.17) is 14.6 Å². The number of carbonyl (C=O) groups is 2. The molecule has 0 aliphatic rings. The van der Waals surface area contributed by atoms with Gasteiger partial charge in [-0.1, -0.05) is 70.4 Å². The zero-order chi connectivity index (χ0) is 23.5. The van der Waals surface area contributed by atoms with Crippen molar-refractivity contribution in [3.8, 4) is 0 Å². The Hall–Kier alpha value is -1.56. The molecular weight excluding hydrogens is 390 g/mol. The predicted octanol–water partition coefficient (Wildman–Crippen LogP) is 5.51. The van der Waals surface area contributed by atoms with E-state index in [9.17, 15) is 9.59 Å². The van der Waals surface area contributed by atoms with Gasteiger partial charge in [-0.15, -0.1) is 12.4 Å². The van der Waals surface area contributed by atoms with E-state index in [1.807, 2.05) is 0 Å². The van der Waals surface area contributed by atoms with Crippen molar-refractivity contribution in [2.75, 3.05) is 13.5 Å². The van der Waals surface area contributed by atoms with Gasteiger partial charge in [0.15, 0.2) is 5.96 Å². The van der Waals surface area contributed by atoms with Crippen LogP contribution in [0.15, 0.2) is 12.2 Å². The number of aliphatic carboxylic acids is 1. The molecule has 1 amide bonds. The van der Waals surface area contributed by atoms with Crippen molar-refractivity contribution in [2.45, 2.75) is 96.8 Å². The normalized spacial score (nSPS) is 12.5. The third-order valence-electron chi connectivity index (χ3n) is 4.49. The molecule has 0 aliphatic carbocycles. The molecule has 0 aromatic heterocycles. The third-order valence-corrected chi connectivity index (χ3v) is 4.49. The average Bonchev–Trinajstić information content (AvgIpc) is 2.68. The van der Waals surface area contributed by atoms with Gasteiger partial charge in [0, 0.05) is 17.5 Å². The molecule has 0 aromatic rings. The topological polar surface area (TPSA) is 93.5 Å². The molecule has 0 saturated carbocycles. The predicted molar refractivity (Wildman–Crippen MR) is 123 cm³/mol. The lowest BCUT2D eigenvalue weighted by Crippen LogP contribution is -2.43. The number of hydrogen-bond donors (Lipinski definition) is 3. The second kappa shape index (κ2) is 21.2.